The van der Waals surface area contributed by atoms with Crippen molar-refractivity contribution in [3.8, 4) is 0 Å². The van der Waals surface area contributed by atoms with Crippen LogP contribution in [0.4, 0.5) is 4.79 Å². The smallest absolute Gasteiger partial charge is 0.315 e. The first-order valence-electron chi connectivity index (χ1n) is 13.7. The Hall–Kier alpha value is -2.87. The molecule has 4 N–H and O–H groups in total. The molecular formula is C27H40N4O8S. The number of nitrogens with one attached hydrogen (secondary N) is 4. The Kier molecular flexibility index (Phi) is 14.6. The number of benzene rings is 1. The highest BCUT2D eigenvalue weighted by atomic mass is 32.2. The third-order valence-corrected chi connectivity index (χ3v) is 7.80. The van der Waals surface area contributed by atoms with Gasteiger partial charge in [-0.3, -0.25) is 14.4 Å². The van der Waals surface area contributed by atoms with E-state index in [-0.39, 0.29) is 62.3 Å². The van der Waals surface area contributed by atoms with Crippen molar-refractivity contribution >= 4 is 35.6 Å². The molecule has 40 heavy (non-hydrogen) atoms. The van der Waals surface area contributed by atoms with E-state index in [9.17, 15) is 19.2 Å². The number of hydrogen-bond donors (Lipinski definition) is 4. The summed E-state index contributed by atoms with van der Waals surface area (Å²) in [6.07, 6.45) is 2.99. The SMILES string of the molecule is O=C(COCCOCCNC(=O)c1ccccc1)NCCOCCOC(=O)CCCC[C@@H]1SC[C@@H]2NC(=O)N[C@@H]21. The third kappa shape index (κ3) is 12.1. The largest absolute Gasteiger partial charge is 0.463 e. The van der Waals surface area contributed by atoms with Crippen molar-refractivity contribution in [3.63, 3.8) is 0 Å². The highest BCUT2D eigenvalue weighted by molar-refractivity contribution is 8.00. The topological polar surface area (TPSA) is 153 Å². The second kappa shape index (κ2) is 18.5. The van der Waals surface area contributed by atoms with Gasteiger partial charge in [0.25, 0.3) is 5.91 Å². The lowest BCUT2D eigenvalue weighted by molar-refractivity contribution is -0.145. The fourth-order valence-electron chi connectivity index (χ4n) is 4.27. The summed E-state index contributed by atoms with van der Waals surface area (Å²) in [4.78, 5) is 46.9. The maximum atomic E-state index is 11.9. The number of urea groups is 1. The molecule has 1 aromatic rings. The molecule has 0 aromatic heterocycles. The molecule has 2 saturated heterocycles. The van der Waals surface area contributed by atoms with Gasteiger partial charge in [0.15, 0.2) is 0 Å². The second-order valence-electron chi connectivity index (χ2n) is 9.34. The lowest BCUT2D eigenvalue weighted by Gasteiger charge is -2.16. The maximum absolute atomic E-state index is 11.9. The summed E-state index contributed by atoms with van der Waals surface area (Å²) in [6, 6.07) is 9.27. The first-order chi connectivity index (χ1) is 19.5. The molecule has 1 aromatic carbocycles. The maximum Gasteiger partial charge on any atom is 0.315 e. The molecule has 3 rings (SSSR count). The number of rotatable bonds is 20. The quantitative estimate of drug-likeness (QED) is 0.0999. The van der Waals surface area contributed by atoms with Crippen LogP contribution in [0.1, 0.15) is 36.0 Å². The van der Waals surface area contributed by atoms with Crippen LogP contribution in [0.2, 0.25) is 0 Å². The number of carbonyl (C=O) groups is 4. The molecule has 0 radical (unpaired) electrons. The van der Waals surface area contributed by atoms with E-state index in [1.54, 1.807) is 24.3 Å². The molecule has 2 aliphatic heterocycles. The normalized spacial score (nSPS) is 19.4. The average molecular weight is 581 g/mol. The van der Waals surface area contributed by atoms with E-state index in [0.717, 1.165) is 25.0 Å². The molecule has 0 bridgehead atoms. The lowest BCUT2D eigenvalue weighted by Crippen LogP contribution is -2.36. The minimum Gasteiger partial charge on any atom is -0.463 e. The van der Waals surface area contributed by atoms with Crippen molar-refractivity contribution in [2.75, 3.05) is 65.1 Å². The molecule has 12 nitrogen and oxygen atoms in total. The number of hydrogen-bond acceptors (Lipinski definition) is 9. The van der Waals surface area contributed by atoms with E-state index in [2.05, 4.69) is 21.3 Å². The van der Waals surface area contributed by atoms with Crippen LogP contribution in [0.15, 0.2) is 30.3 Å². The van der Waals surface area contributed by atoms with Gasteiger partial charge in [-0.05, 0) is 25.0 Å². The van der Waals surface area contributed by atoms with E-state index in [1.807, 2.05) is 17.8 Å². The minimum atomic E-state index is -0.261. The summed E-state index contributed by atoms with van der Waals surface area (Å²) >= 11 is 1.87. The van der Waals surface area contributed by atoms with Gasteiger partial charge in [-0.25, -0.2) is 4.79 Å². The van der Waals surface area contributed by atoms with E-state index < -0.39 is 0 Å². The van der Waals surface area contributed by atoms with Crippen molar-refractivity contribution in [2.24, 2.45) is 0 Å². The Morgan fingerprint density at radius 1 is 0.875 bits per heavy atom. The van der Waals surface area contributed by atoms with Gasteiger partial charge in [0, 0.05) is 36.1 Å². The molecule has 0 aliphatic carbocycles. The van der Waals surface area contributed by atoms with Gasteiger partial charge < -0.3 is 40.2 Å². The number of unbranched alkanes of at least 4 members (excludes halogenated alkanes) is 1. The summed E-state index contributed by atoms with van der Waals surface area (Å²) in [6.45, 7) is 2.28. The predicted molar refractivity (Wildman–Crippen MR) is 149 cm³/mol. The fraction of sp³-hybridized carbons (Fsp3) is 0.630. The number of esters is 1. The molecule has 2 fully saturated rings. The standard InChI is InChI=1S/C27H40N4O8S/c32-23(18-38-15-14-36-13-11-29-26(34)20-6-2-1-3-7-20)28-10-12-37-16-17-39-24(33)9-5-4-8-22-25-21(19-40-22)30-27(35)31-25/h1-3,6-7,21-22,25H,4-5,8-19H2,(H,28,32)(H,29,34)(H2,30,31,35)/t21-,22-,25-/m0/s1. The minimum absolute atomic E-state index is 0.0831. The Balaban J connectivity index is 1.03. The Morgan fingerprint density at radius 3 is 2.40 bits per heavy atom. The van der Waals surface area contributed by atoms with Crippen molar-refractivity contribution in [3.05, 3.63) is 35.9 Å². The van der Waals surface area contributed by atoms with E-state index in [1.165, 1.54) is 0 Å². The Labute approximate surface area is 239 Å². The zero-order valence-corrected chi connectivity index (χ0v) is 23.5. The van der Waals surface area contributed by atoms with Gasteiger partial charge >= 0.3 is 12.0 Å². The van der Waals surface area contributed by atoms with Crippen LogP contribution in [0.25, 0.3) is 0 Å². The average Bonchev–Trinajstić information content (AvgIpc) is 3.51. The van der Waals surface area contributed by atoms with E-state index in [4.69, 9.17) is 18.9 Å². The highest BCUT2D eigenvalue weighted by Crippen LogP contribution is 2.33. The monoisotopic (exact) mass is 580 g/mol. The van der Waals surface area contributed by atoms with Gasteiger partial charge in [0.1, 0.15) is 13.2 Å². The summed E-state index contributed by atoms with van der Waals surface area (Å²) in [5.74, 6) is 0.274. The van der Waals surface area contributed by atoms with Gasteiger partial charge in [0.05, 0.1) is 45.1 Å². The number of ether oxygens (including phenoxy) is 4. The van der Waals surface area contributed by atoms with Crippen molar-refractivity contribution < 1.29 is 38.1 Å². The molecule has 3 atom stereocenters. The van der Waals surface area contributed by atoms with Crippen molar-refractivity contribution in [2.45, 2.75) is 43.0 Å². The number of thioether (sulfide) groups is 1. The van der Waals surface area contributed by atoms with Crippen LogP contribution in [-0.4, -0.2) is 106 Å². The third-order valence-electron chi connectivity index (χ3n) is 6.29. The van der Waals surface area contributed by atoms with Crippen LogP contribution in [0, 0.1) is 0 Å². The summed E-state index contributed by atoms with van der Waals surface area (Å²) in [5.41, 5.74) is 0.598. The van der Waals surface area contributed by atoms with E-state index in [0.29, 0.717) is 50.1 Å². The number of carbonyl (C=O) groups excluding carboxylic acids is 4. The van der Waals surface area contributed by atoms with Gasteiger partial charge in [0.2, 0.25) is 5.91 Å². The molecule has 222 valence electrons. The zero-order chi connectivity index (χ0) is 28.4. The van der Waals surface area contributed by atoms with Crippen molar-refractivity contribution in [1.82, 2.24) is 21.3 Å². The van der Waals surface area contributed by atoms with Gasteiger partial charge in [-0.2, -0.15) is 11.8 Å². The molecular weight excluding hydrogens is 540 g/mol. The van der Waals surface area contributed by atoms with Crippen molar-refractivity contribution in [1.29, 1.82) is 0 Å². The molecule has 4 amide bonds. The Bertz CT molecular complexity index is 938. The fourth-order valence-corrected chi connectivity index (χ4v) is 5.82. The van der Waals surface area contributed by atoms with Crippen LogP contribution >= 0.6 is 11.8 Å². The van der Waals surface area contributed by atoms with Crippen LogP contribution in [-0.2, 0) is 28.5 Å². The molecule has 0 unspecified atom stereocenters. The highest BCUT2D eigenvalue weighted by Gasteiger charge is 2.42. The van der Waals surface area contributed by atoms with Gasteiger partial charge in [-0.15, -0.1) is 0 Å². The van der Waals surface area contributed by atoms with E-state index >= 15 is 0 Å². The first kappa shape index (κ1) is 31.7. The second-order valence-corrected chi connectivity index (χ2v) is 10.6. The summed E-state index contributed by atoms with van der Waals surface area (Å²) in [7, 11) is 0. The number of amides is 4. The molecule has 0 saturated carbocycles. The molecule has 2 aliphatic rings. The zero-order valence-electron chi connectivity index (χ0n) is 22.7. The van der Waals surface area contributed by atoms with Crippen LogP contribution in [0.5, 0.6) is 0 Å². The Morgan fingerprint density at radius 2 is 1.60 bits per heavy atom. The van der Waals surface area contributed by atoms with Gasteiger partial charge in [-0.1, -0.05) is 24.6 Å². The summed E-state index contributed by atoms with van der Waals surface area (Å²) < 4.78 is 21.2. The van der Waals surface area contributed by atoms with Crippen LogP contribution < -0.4 is 21.3 Å². The molecule has 0 spiro atoms. The van der Waals surface area contributed by atoms with Crippen LogP contribution in [0.3, 0.4) is 0 Å². The molecule has 13 heteroatoms. The summed E-state index contributed by atoms with van der Waals surface area (Å²) in [5, 5.41) is 11.7. The molecule has 2 heterocycles. The number of fused-ring (bicyclic) bond motifs is 1. The predicted octanol–water partition coefficient (Wildman–Crippen LogP) is 0.851. The first-order valence-corrected chi connectivity index (χ1v) is 14.7. The lowest BCUT2D eigenvalue weighted by atomic mass is 10.0.